The zero-order valence-electron chi connectivity index (χ0n) is 18.0. The van der Waals surface area contributed by atoms with Crippen molar-refractivity contribution >= 4 is 17.4 Å². The number of carbonyl (C=O) groups excluding carboxylic acids is 2. The summed E-state index contributed by atoms with van der Waals surface area (Å²) in [5, 5.41) is 2.91. The van der Waals surface area contributed by atoms with E-state index in [1.807, 2.05) is 36.4 Å². The number of anilines is 1. The van der Waals surface area contributed by atoms with Crippen LogP contribution in [0.15, 0.2) is 48.5 Å². The number of carbonyl (C=O) groups is 2. The van der Waals surface area contributed by atoms with Gasteiger partial charge in [0.05, 0.1) is 13.2 Å². The van der Waals surface area contributed by atoms with Crippen molar-refractivity contribution in [1.29, 1.82) is 0 Å². The number of amides is 1. The highest BCUT2D eigenvalue weighted by Crippen LogP contribution is 2.17. The fourth-order valence-corrected chi connectivity index (χ4v) is 3.60. The molecular weight excluding hydrogens is 376 g/mol. The van der Waals surface area contributed by atoms with E-state index in [-0.39, 0.29) is 24.5 Å². The third-order valence-corrected chi connectivity index (χ3v) is 5.30. The van der Waals surface area contributed by atoms with Crippen LogP contribution >= 0.6 is 0 Å². The molecule has 2 aromatic rings. The number of hydrogen-bond donors (Lipinski definition) is 1. The summed E-state index contributed by atoms with van der Waals surface area (Å²) < 4.78 is 5.38. The molecule has 1 saturated heterocycles. The van der Waals surface area contributed by atoms with Crippen LogP contribution in [0.3, 0.4) is 0 Å². The van der Waals surface area contributed by atoms with E-state index >= 15 is 0 Å². The zero-order valence-corrected chi connectivity index (χ0v) is 18.0. The molecule has 160 valence electrons. The lowest BCUT2D eigenvalue weighted by molar-refractivity contribution is -0.121. The lowest BCUT2D eigenvalue weighted by Crippen LogP contribution is -2.36. The van der Waals surface area contributed by atoms with Gasteiger partial charge in [-0.25, -0.2) is 0 Å². The minimum atomic E-state index is -0.1000. The molecule has 0 atom stereocenters. The van der Waals surface area contributed by atoms with Gasteiger partial charge in [-0.05, 0) is 35.6 Å². The SMILES string of the molecule is CC(C)Cc1ccc(C(=O)CCC(=O)NCc2ccc(N3CCOCC3)cc2)cc1. The zero-order chi connectivity index (χ0) is 21.3. The normalized spacial score (nSPS) is 14.0. The lowest BCUT2D eigenvalue weighted by atomic mass is 9.99. The molecule has 0 spiro atoms. The molecule has 1 aliphatic heterocycles. The van der Waals surface area contributed by atoms with Gasteiger partial charge < -0.3 is 15.0 Å². The molecule has 1 fully saturated rings. The van der Waals surface area contributed by atoms with Crippen LogP contribution < -0.4 is 10.2 Å². The van der Waals surface area contributed by atoms with Gasteiger partial charge in [0.25, 0.3) is 0 Å². The van der Waals surface area contributed by atoms with Crippen LogP contribution in [0.5, 0.6) is 0 Å². The first kappa shape index (κ1) is 22.0. The largest absolute Gasteiger partial charge is 0.378 e. The standard InChI is InChI=1S/C25H32N2O3/c1-19(2)17-20-3-7-22(8-4-20)24(28)11-12-25(29)26-18-21-5-9-23(10-6-21)27-13-15-30-16-14-27/h3-10,19H,11-18H2,1-2H3,(H,26,29). The van der Waals surface area contributed by atoms with Crippen LogP contribution in [0.25, 0.3) is 0 Å². The summed E-state index contributed by atoms with van der Waals surface area (Å²) in [6.45, 7) is 8.17. The second kappa shape index (κ2) is 10.9. The van der Waals surface area contributed by atoms with Crippen LogP contribution in [0.4, 0.5) is 5.69 Å². The summed E-state index contributed by atoms with van der Waals surface area (Å²) >= 11 is 0. The first-order valence-electron chi connectivity index (χ1n) is 10.8. The molecule has 5 nitrogen and oxygen atoms in total. The minimum absolute atomic E-state index is 0.0103. The maximum absolute atomic E-state index is 12.4. The van der Waals surface area contributed by atoms with Gasteiger partial charge >= 0.3 is 0 Å². The average molecular weight is 409 g/mol. The fourth-order valence-electron chi connectivity index (χ4n) is 3.60. The Hall–Kier alpha value is -2.66. The fraction of sp³-hybridized carbons (Fsp3) is 0.440. The molecule has 0 aromatic heterocycles. The Morgan fingerprint density at radius 2 is 1.57 bits per heavy atom. The molecule has 0 unspecified atom stereocenters. The molecule has 2 aromatic carbocycles. The monoisotopic (exact) mass is 408 g/mol. The number of benzene rings is 2. The van der Waals surface area contributed by atoms with Gasteiger partial charge in [0.15, 0.2) is 5.78 Å². The second-order valence-electron chi connectivity index (χ2n) is 8.26. The van der Waals surface area contributed by atoms with E-state index in [4.69, 9.17) is 4.74 Å². The summed E-state index contributed by atoms with van der Waals surface area (Å²) in [5.74, 6) is 0.499. The van der Waals surface area contributed by atoms with Crippen molar-refractivity contribution in [3.05, 3.63) is 65.2 Å². The topological polar surface area (TPSA) is 58.6 Å². The number of Topliss-reactive ketones (excluding diaryl/α,β-unsaturated/α-hetero) is 1. The van der Waals surface area contributed by atoms with Crippen molar-refractivity contribution in [2.24, 2.45) is 5.92 Å². The maximum Gasteiger partial charge on any atom is 0.220 e. The van der Waals surface area contributed by atoms with Crippen LogP contribution in [0.2, 0.25) is 0 Å². The lowest BCUT2D eigenvalue weighted by Gasteiger charge is -2.28. The van der Waals surface area contributed by atoms with Crippen molar-refractivity contribution in [2.75, 3.05) is 31.2 Å². The van der Waals surface area contributed by atoms with Crippen LogP contribution in [-0.2, 0) is 22.5 Å². The molecule has 1 heterocycles. The van der Waals surface area contributed by atoms with Crippen LogP contribution in [-0.4, -0.2) is 38.0 Å². The third-order valence-electron chi connectivity index (χ3n) is 5.30. The molecule has 0 radical (unpaired) electrons. The van der Waals surface area contributed by atoms with Crippen LogP contribution in [0.1, 0.15) is 48.2 Å². The summed E-state index contributed by atoms with van der Waals surface area (Å²) in [6, 6.07) is 16.0. The second-order valence-corrected chi connectivity index (χ2v) is 8.26. The summed E-state index contributed by atoms with van der Waals surface area (Å²) in [6.07, 6.45) is 1.44. The number of ether oxygens (including phenoxy) is 1. The van der Waals surface area contributed by atoms with Gasteiger partial charge in [0, 0.05) is 43.7 Å². The first-order chi connectivity index (χ1) is 14.5. The van der Waals surface area contributed by atoms with Gasteiger partial charge in [0.2, 0.25) is 5.91 Å². The quantitative estimate of drug-likeness (QED) is 0.637. The molecule has 3 rings (SSSR count). The smallest absolute Gasteiger partial charge is 0.220 e. The molecule has 0 aliphatic carbocycles. The average Bonchev–Trinajstić information content (AvgIpc) is 2.77. The Morgan fingerprint density at radius 3 is 2.20 bits per heavy atom. The number of nitrogens with one attached hydrogen (secondary N) is 1. The predicted molar refractivity (Wildman–Crippen MR) is 120 cm³/mol. The van der Waals surface area contributed by atoms with E-state index < -0.39 is 0 Å². The van der Waals surface area contributed by atoms with Gasteiger partial charge in [-0.1, -0.05) is 50.2 Å². The van der Waals surface area contributed by atoms with Gasteiger partial charge in [-0.3, -0.25) is 9.59 Å². The Morgan fingerprint density at radius 1 is 0.933 bits per heavy atom. The number of morpholine rings is 1. The highest BCUT2D eigenvalue weighted by molar-refractivity contribution is 5.97. The first-order valence-corrected chi connectivity index (χ1v) is 10.8. The molecular formula is C25H32N2O3. The van der Waals surface area contributed by atoms with Gasteiger partial charge in [-0.2, -0.15) is 0 Å². The van der Waals surface area contributed by atoms with E-state index in [2.05, 4.69) is 36.2 Å². The molecule has 1 amide bonds. The van der Waals surface area contributed by atoms with E-state index in [0.717, 1.165) is 38.3 Å². The summed E-state index contributed by atoms with van der Waals surface area (Å²) in [4.78, 5) is 26.8. The molecule has 5 heteroatoms. The predicted octanol–water partition coefficient (Wildman–Crippen LogP) is 4.00. The molecule has 0 saturated carbocycles. The van der Waals surface area contributed by atoms with Crippen molar-refractivity contribution in [1.82, 2.24) is 5.32 Å². The van der Waals surface area contributed by atoms with Gasteiger partial charge in [-0.15, -0.1) is 0 Å². The molecule has 1 N–H and O–H groups in total. The molecule has 0 bridgehead atoms. The van der Waals surface area contributed by atoms with E-state index in [1.165, 1.54) is 11.3 Å². The van der Waals surface area contributed by atoms with E-state index in [0.29, 0.717) is 18.0 Å². The van der Waals surface area contributed by atoms with Crippen LogP contribution in [0, 0.1) is 5.92 Å². The Bertz CT molecular complexity index is 822. The van der Waals surface area contributed by atoms with Crippen molar-refractivity contribution in [3.8, 4) is 0 Å². The number of hydrogen-bond acceptors (Lipinski definition) is 4. The Kier molecular flexibility index (Phi) is 8.03. The molecule has 30 heavy (non-hydrogen) atoms. The highest BCUT2D eigenvalue weighted by atomic mass is 16.5. The van der Waals surface area contributed by atoms with E-state index in [9.17, 15) is 9.59 Å². The van der Waals surface area contributed by atoms with Crippen molar-refractivity contribution in [3.63, 3.8) is 0 Å². The third kappa shape index (κ3) is 6.70. The maximum atomic E-state index is 12.4. The number of rotatable bonds is 9. The summed E-state index contributed by atoms with van der Waals surface area (Å²) in [5.41, 5.74) is 4.14. The van der Waals surface area contributed by atoms with Crippen molar-refractivity contribution < 1.29 is 14.3 Å². The minimum Gasteiger partial charge on any atom is -0.378 e. The van der Waals surface area contributed by atoms with E-state index in [1.54, 1.807) is 0 Å². The Balaban J connectivity index is 1.40. The van der Waals surface area contributed by atoms with Gasteiger partial charge in [0.1, 0.15) is 0 Å². The molecule has 1 aliphatic rings. The highest BCUT2D eigenvalue weighted by Gasteiger charge is 2.12. The van der Waals surface area contributed by atoms with Crippen molar-refractivity contribution in [2.45, 2.75) is 39.7 Å². The number of nitrogens with zero attached hydrogens (tertiary/aromatic N) is 1. The summed E-state index contributed by atoms with van der Waals surface area (Å²) in [7, 11) is 0. The Labute approximate surface area is 179 Å². The number of ketones is 1.